The minimum atomic E-state index is 0.604. The molecule has 8 nitrogen and oxygen atoms in total. The summed E-state index contributed by atoms with van der Waals surface area (Å²) in [6.07, 6.45) is 14.2. The lowest BCUT2D eigenvalue weighted by Crippen LogP contribution is -2.35. The predicted molar refractivity (Wildman–Crippen MR) is 132 cm³/mol. The van der Waals surface area contributed by atoms with E-state index in [2.05, 4.69) is 22.0 Å². The van der Waals surface area contributed by atoms with Gasteiger partial charge in [0.25, 0.3) is 0 Å². The van der Waals surface area contributed by atoms with Gasteiger partial charge >= 0.3 is 0 Å². The Morgan fingerprint density at radius 1 is 0.559 bits per heavy atom. The van der Waals surface area contributed by atoms with E-state index in [1.165, 1.54) is 0 Å². The summed E-state index contributed by atoms with van der Waals surface area (Å²) in [6, 6.07) is 0. The van der Waals surface area contributed by atoms with Gasteiger partial charge in [0.1, 0.15) is 13.2 Å². The van der Waals surface area contributed by atoms with Crippen molar-refractivity contribution in [3.63, 3.8) is 0 Å². The molecule has 1 fully saturated rings. The highest BCUT2D eigenvalue weighted by molar-refractivity contribution is 5.18. The van der Waals surface area contributed by atoms with Crippen molar-refractivity contribution in [3.05, 3.63) is 48.0 Å². The molecule has 1 aliphatic heterocycles. The molecule has 2 aliphatic carbocycles. The van der Waals surface area contributed by atoms with E-state index in [0.29, 0.717) is 66.1 Å². The molecule has 0 unspecified atom stereocenters. The third-order valence-electron chi connectivity index (χ3n) is 5.82. The van der Waals surface area contributed by atoms with Crippen LogP contribution in [0.3, 0.4) is 0 Å². The van der Waals surface area contributed by atoms with Crippen molar-refractivity contribution in [2.24, 2.45) is 0 Å². The second-order valence-corrected chi connectivity index (χ2v) is 8.36. The van der Waals surface area contributed by atoms with Crippen LogP contribution in [0.15, 0.2) is 48.0 Å². The van der Waals surface area contributed by atoms with Crippen molar-refractivity contribution in [3.8, 4) is 0 Å². The largest absolute Gasteiger partial charge is 0.496 e. The van der Waals surface area contributed by atoms with E-state index < -0.39 is 0 Å². The van der Waals surface area contributed by atoms with Gasteiger partial charge in [0.05, 0.1) is 64.4 Å². The van der Waals surface area contributed by atoms with Gasteiger partial charge in [-0.15, -0.1) is 0 Å². The first kappa shape index (κ1) is 26.9. The predicted octanol–water partition coefficient (Wildman–Crippen LogP) is 2.39. The summed E-state index contributed by atoms with van der Waals surface area (Å²) in [5.74, 6) is 2.08. The Bertz CT molecular complexity index is 588. The average Bonchev–Trinajstić information content (AvgIpc) is 3.55. The second-order valence-electron chi connectivity index (χ2n) is 8.36. The zero-order valence-corrected chi connectivity index (χ0v) is 20.5. The Morgan fingerprint density at radius 3 is 1.26 bits per heavy atom. The molecule has 0 aromatic heterocycles. The van der Waals surface area contributed by atoms with E-state index in [9.17, 15) is 0 Å². The zero-order valence-electron chi connectivity index (χ0n) is 20.5. The minimum absolute atomic E-state index is 0.604. The number of nitrogens with zero attached hydrogens (tertiary/aromatic N) is 2. The summed E-state index contributed by atoms with van der Waals surface area (Å²) >= 11 is 0. The van der Waals surface area contributed by atoms with Crippen LogP contribution < -0.4 is 0 Å². The molecule has 0 saturated carbocycles. The Labute approximate surface area is 204 Å². The number of allylic oxidation sites excluding steroid dienone is 6. The van der Waals surface area contributed by atoms with Crippen molar-refractivity contribution < 1.29 is 28.4 Å². The van der Waals surface area contributed by atoms with Gasteiger partial charge in [-0.05, 0) is 12.2 Å². The van der Waals surface area contributed by atoms with Gasteiger partial charge in [-0.3, -0.25) is 9.80 Å². The second kappa shape index (κ2) is 17.7. The van der Waals surface area contributed by atoms with Crippen LogP contribution in [-0.2, 0) is 28.4 Å². The molecule has 0 aromatic rings. The Kier molecular flexibility index (Phi) is 14.0. The summed E-state index contributed by atoms with van der Waals surface area (Å²) < 4.78 is 34.9. The molecule has 192 valence electrons. The van der Waals surface area contributed by atoms with E-state index in [0.717, 1.165) is 63.6 Å². The molecule has 0 spiro atoms. The molecule has 1 heterocycles. The summed E-state index contributed by atoms with van der Waals surface area (Å²) in [7, 11) is 0. The Morgan fingerprint density at radius 2 is 0.941 bits per heavy atom. The summed E-state index contributed by atoms with van der Waals surface area (Å²) in [5.41, 5.74) is 0. The number of rotatable bonds is 8. The SMILES string of the molecule is C1=CCC(OCCN2CCOCCOCCN(CCOC3=CC=CC3)CCOCCOCC2)=C1. The molecular formula is C26H42N2O6. The summed E-state index contributed by atoms with van der Waals surface area (Å²) in [6.45, 7) is 11.5. The summed E-state index contributed by atoms with van der Waals surface area (Å²) in [4.78, 5) is 4.65. The van der Waals surface area contributed by atoms with Gasteiger partial charge in [0.15, 0.2) is 0 Å². The van der Waals surface area contributed by atoms with Crippen LogP contribution in [0.5, 0.6) is 0 Å². The van der Waals surface area contributed by atoms with Gasteiger partial charge in [-0.25, -0.2) is 0 Å². The van der Waals surface area contributed by atoms with Crippen molar-refractivity contribution in [2.45, 2.75) is 12.8 Å². The van der Waals surface area contributed by atoms with Crippen molar-refractivity contribution >= 4 is 0 Å². The molecule has 0 amide bonds. The summed E-state index contributed by atoms with van der Waals surface area (Å²) in [5, 5.41) is 0. The average molecular weight is 479 g/mol. The molecule has 3 rings (SSSR count). The monoisotopic (exact) mass is 478 g/mol. The van der Waals surface area contributed by atoms with Gasteiger partial charge in [0, 0.05) is 52.1 Å². The lowest BCUT2D eigenvalue weighted by molar-refractivity contribution is 0.00371. The van der Waals surface area contributed by atoms with Crippen LogP contribution in [0.4, 0.5) is 0 Å². The lowest BCUT2D eigenvalue weighted by atomic mass is 10.4. The van der Waals surface area contributed by atoms with Crippen LogP contribution >= 0.6 is 0 Å². The van der Waals surface area contributed by atoms with Crippen molar-refractivity contribution in [1.29, 1.82) is 0 Å². The maximum atomic E-state index is 5.85. The molecule has 1 saturated heterocycles. The van der Waals surface area contributed by atoms with Crippen LogP contribution in [0.25, 0.3) is 0 Å². The Balaban J connectivity index is 1.31. The molecule has 0 radical (unpaired) electrons. The highest BCUT2D eigenvalue weighted by Gasteiger charge is 2.09. The molecule has 3 aliphatic rings. The van der Waals surface area contributed by atoms with E-state index in [1.807, 2.05) is 24.3 Å². The first-order chi connectivity index (χ1) is 16.9. The highest BCUT2D eigenvalue weighted by Crippen LogP contribution is 2.12. The maximum absolute atomic E-state index is 5.85. The third-order valence-corrected chi connectivity index (χ3v) is 5.82. The van der Waals surface area contributed by atoms with Crippen molar-refractivity contribution in [2.75, 3.05) is 105 Å². The Hall–Kier alpha value is -1.68. The first-order valence-corrected chi connectivity index (χ1v) is 12.6. The molecule has 0 N–H and O–H groups in total. The quantitative estimate of drug-likeness (QED) is 0.527. The number of hydrogen-bond acceptors (Lipinski definition) is 8. The fraction of sp³-hybridized carbons (Fsp3) is 0.692. The molecule has 0 atom stereocenters. The van der Waals surface area contributed by atoms with E-state index in [4.69, 9.17) is 28.4 Å². The zero-order chi connectivity index (χ0) is 23.5. The number of hydrogen-bond donors (Lipinski definition) is 0. The van der Waals surface area contributed by atoms with Gasteiger partial charge in [-0.2, -0.15) is 0 Å². The van der Waals surface area contributed by atoms with Crippen LogP contribution in [0.1, 0.15) is 12.8 Å². The molecule has 8 heteroatoms. The van der Waals surface area contributed by atoms with Crippen LogP contribution in [0, 0.1) is 0 Å². The third kappa shape index (κ3) is 12.1. The minimum Gasteiger partial charge on any atom is -0.496 e. The van der Waals surface area contributed by atoms with Gasteiger partial charge < -0.3 is 28.4 Å². The van der Waals surface area contributed by atoms with Crippen LogP contribution in [0.2, 0.25) is 0 Å². The first-order valence-electron chi connectivity index (χ1n) is 12.6. The van der Waals surface area contributed by atoms with E-state index in [1.54, 1.807) is 0 Å². The fourth-order valence-electron chi connectivity index (χ4n) is 3.77. The molecule has 34 heavy (non-hydrogen) atoms. The fourth-order valence-corrected chi connectivity index (χ4v) is 3.77. The smallest absolute Gasteiger partial charge is 0.100 e. The van der Waals surface area contributed by atoms with Crippen molar-refractivity contribution in [1.82, 2.24) is 9.80 Å². The molecule has 0 bridgehead atoms. The standard InChI is InChI=1S/C26H42N2O6/c1-2-6-25(5-1)33-19-13-27-9-15-29-21-23-31-17-11-28(12-18-32-24-22-30-16-10-27)14-20-34-26-7-3-4-8-26/h1-5,7H,6,8-24H2. The topological polar surface area (TPSA) is 61.9 Å². The van der Waals surface area contributed by atoms with Gasteiger partial charge in [-0.1, -0.05) is 24.3 Å². The van der Waals surface area contributed by atoms with Crippen LogP contribution in [-0.4, -0.2) is 115 Å². The normalized spacial score (nSPS) is 22.7. The van der Waals surface area contributed by atoms with Gasteiger partial charge in [0.2, 0.25) is 0 Å². The molecule has 0 aromatic carbocycles. The lowest BCUT2D eigenvalue weighted by Gasteiger charge is -2.24. The van der Waals surface area contributed by atoms with E-state index >= 15 is 0 Å². The molecular weight excluding hydrogens is 436 g/mol. The highest BCUT2D eigenvalue weighted by atomic mass is 16.5. The number of ether oxygens (including phenoxy) is 6. The maximum Gasteiger partial charge on any atom is 0.100 e. The van der Waals surface area contributed by atoms with E-state index in [-0.39, 0.29) is 0 Å².